The number of allylic oxidation sites excluding steroid dienone is 1. The number of methoxy groups -OCH3 is 1. The SMILES string of the molecule is COc1ccc2c3c1O[C@@]1(C)C(=O)C=C[C@@]4(C/C=C/c5ccccc5)[C@@H](C2)N(C)CC[C@]314. The van der Waals surface area contributed by atoms with Crippen LogP contribution in [0.25, 0.3) is 6.08 Å². The van der Waals surface area contributed by atoms with Gasteiger partial charge in [0.15, 0.2) is 22.9 Å². The Morgan fingerprint density at radius 2 is 2.03 bits per heavy atom. The van der Waals surface area contributed by atoms with E-state index in [-0.39, 0.29) is 11.2 Å². The summed E-state index contributed by atoms with van der Waals surface area (Å²) < 4.78 is 12.4. The molecule has 2 aliphatic heterocycles. The summed E-state index contributed by atoms with van der Waals surface area (Å²) in [4.78, 5) is 16.0. The molecule has 2 aliphatic carbocycles. The summed E-state index contributed by atoms with van der Waals surface area (Å²) in [6, 6.07) is 14.9. The summed E-state index contributed by atoms with van der Waals surface area (Å²) in [5.41, 5.74) is 2.16. The molecule has 4 nitrogen and oxygen atoms in total. The van der Waals surface area contributed by atoms with E-state index in [1.165, 1.54) is 16.7 Å². The molecule has 0 unspecified atom stereocenters. The third-order valence-corrected chi connectivity index (χ3v) is 8.72. The van der Waals surface area contributed by atoms with Crippen LogP contribution in [-0.2, 0) is 16.6 Å². The third kappa shape index (κ3) is 2.19. The van der Waals surface area contributed by atoms with Crippen LogP contribution < -0.4 is 9.47 Å². The molecule has 6 rings (SSSR count). The molecular weight excluding hydrogens is 398 g/mol. The van der Waals surface area contributed by atoms with Crippen molar-refractivity contribution in [3.8, 4) is 11.5 Å². The van der Waals surface area contributed by atoms with Crippen LogP contribution in [0.3, 0.4) is 0 Å². The van der Waals surface area contributed by atoms with Gasteiger partial charge >= 0.3 is 0 Å². The van der Waals surface area contributed by atoms with E-state index in [9.17, 15) is 4.79 Å². The molecule has 0 aromatic heterocycles. The van der Waals surface area contributed by atoms with Gasteiger partial charge in [-0.2, -0.15) is 0 Å². The van der Waals surface area contributed by atoms with Gasteiger partial charge in [-0.25, -0.2) is 0 Å². The zero-order chi connectivity index (χ0) is 22.1. The van der Waals surface area contributed by atoms with Crippen molar-refractivity contribution in [1.29, 1.82) is 0 Å². The summed E-state index contributed by atoms with van der Waals surface area (Å²) in [6.45, 7) is 2.97. The fourth-order valence-corrected chi connectivity index (χ4v) is 7.26. The first-order valence-corrected chi connectivity index (χ1v) is 11.5. The Labute approximate surface area is 189 Å². The highest BCUT2D eigenvalue weighted by molar-refractivity contribution is 6.02. The van der Waals surface area contributed by atoms with Gasteiger partial charge in [-0.15, -0.1) is 0 Å². The number of nitrogens with zero attached hydrogens (tertiary/aromatic N) is 1. The fraction of sp³-hybridized carbons (Fsp3) is 0.393. The van der Waals surface area contributed by atoms with Crippen LogP contribution in [0, 0.1) is 5.41 Å². The Hall–Kier alpha value is -2.85. The summed E-state index contributed by atoms with van der Waals surface area (Å²) in [6.07, 6.45) is 11.2. The number of benzene rings is 2. The van der Waals surface area contributed by atoms with E-state index in [1.54, 1.807) is 13.2 Å². The Morgan fingerprint density at radius 1 is 1.22 bits per heavy atom. The summed E-state index contributed by atoms with van der Waals surface area (Å²) >= 11 is 0. The standard InChI is InChI=1S/C28H29NO3/c1-26-23(30)13-15-27(14-7-10-19-8-5-4-6-9-19)22-18-20-11-12-21(31-3)25(32-26)24(20)28(26,27)16-17-29(22)2/h4-13,15,22H,14,16-18H2,1-3H3/b10-7+/t22-,26+,27+,28+/m1/s1. The van der Waals surface area contributed by atoms with Crippen molar-refractivity contribution in [1.82, 2.24) is 4.90 Å². The zero-order valence-electron chi connectivity index (χ0n) is 18.9. The molecule has 2 aromatic rings. The van der Waals surface area contributed by atoms with Crippen molar-refractivity contribution >= 4 is 11.9 Å². The van der Waals surface area contributed by atoms with Crippen molar-refractivity contribution in [2.45, 2.75) is 43.2 Å². The van der Waals surface area contributed by atoms with Gasteiger partial charge in [0.2, 0.25) is 0 Å². The van der Waals surface area contributed by atoms with E-state index in [2.05, 4.69) is 60.5 Å². The minimum absolute atomic E-state index is 0.0644. The van der Waals surface area contributed by atoms with Crippen molar-refractivity contribution in [2.75, 3.05) is 20.7 Å². The maximum atomic E-state index is 13.5. The highest BCUT2D eigenvalue weighted by Crippen LogP contribution is 2.71. The van der Waals surface area contributed by atoms with E-state index >= 15 is 0 Å². The number of ether oxygens (including phenoxy) is 2. The molecule has 1 fully saturated rings. The molecule has 2 bridgehead atoms. The lowest BCUT2D eigenvalue weighted by atomic mass is 9.41. The second-order valence-electron chi connectivity index (χ2n) is 9.88. The first-order chi connectivity index (χ1) is 15.5. The van der Waals surface area contributed by atoms with Crippen LogP contribution in [0.2, 0.25) is 0 Å². The molecule has 0 saturated carbocycles. The largest absolute Gasteiger partial charge is 0.493 e. The lowest BCUT2D eigenvalue weighted by Gasteiger charge is -2.65. The fourth-order valence-electron chi connectivity index (χ4n) is 7.26. The average Bonchev–Trinajstić information content (AvgIpc) is 3.09. The maximum Gasteiger partial charge on any atom is 0.199 e. The molecule has 0 radical (unpaired) electrons. The number of ketones is 1. The van der Waals surface area contributed by atoms with Crippen molar-refractivity contribution in [3.05, 3.63) is 77.4 Å². The lowest BCUT2D eigenvalue weighted by Crippen LogP contribution is -2.74. The number of hydrogen-bond donors (Lipinski definition) is 0. The first-order valence-electron chi connectivity index (χ1n) is 11.5. The number of likely N-dealkylation sites (tertiary alicyclic amines) is 1. The second kappa shape index (κ2) is 6.58. The Kier molecular flexibility index (Phi) is 4.07. The van der Waals surface area contributed by atoms with Crippen LogP contribution in [0.5, 0.6) is 11.5 Å². The molecular formula is C28H29NO3. The molecule has 1 spiro atoms. The van der Waals surface area contributed by atoms with E-state index in [0.717, 1.165) is 37.3 Å². The minimum Gasteiger partial charge on any atom is -0.493 e. The van der Waals surface area contributed by atoms with E-state index < -0.39 is 11.0 Å². The molecule has 4 atom stereocenters. The Bertz CT molecular complexity index is 1170. The zero-order valence-corrected chi connectivity index (χ0v) is 18.9. The smallest absolute Gasteiger partial charge is 0.199 e. The summed E-state index contributed by atoms with van der Waals surface area (Å²) in [5.74, 6) is 1.58. The summed E-state index contributed by atoms with van der Waals surface area (Å²) in [7, 11) is 3.91. The molecule has 0 N–H and O–H groups in total. The topological polar surface area (TPSA) is 38.8 Å². The van der Waals surface area contributed by atoms with Crippen molar-refractivity contribution in [3.63, 3.8) is 0 Å². The van der Waals surface area contributed by atoms with Gasteiger partial charge in [0.25, 0.3) is 0 Å². The monoisotopic (exact) mass is 427 g/mol. The highest BCUT2D eigenvalue weighted by Gasteiger charge is 2.76. The predicted octanol–water partition coefficient (Wildman–Crippen LogP) is 4.57. The molecule has 164 valence electrons. The van der Waals surface area contributed by atoms with E-state index in [0.29, 0.717) is 6.04 Å². The van der Waals surface area contributed by atoms with Crippen LogP contribution >= 0.6 is 0 Å². The van der Waals surface area contributed by atoms with Gasteiger partial charge < -0.3 is 14.4 Å². The quantitative estimate of drug-likeness (QED) is 0.716. The molecule has 2 heterocycles. The number of carbonyl (C=O) groups is 1. The number of carbonyl (C=O) groups excluding carboxylic acids is 1. The van der Waals surface area contributed by atoms with E-state index in [4.69, 9.17) is 9.47 Å². The van der Waals surface area contributed by atoms with Gasteiger partial charge in [-0.05, 0) is 63.0 Å². The van der Waals surface area contributed by atoms with Crippen LogP contribution in [0.1, 0.15) is 36.5 Å². The third-order valence-electron chi connectivity index (χ3n) is 8.72. The average molecular weight is 428 g/mol. The Morgan fingerprint density at radius 3 is 2.81 bits per heavy atom. The molecule has 2 aromatic carbocycles. The second-order valence-corrected chi connectivity index (χ2v) is 9.88. The molecule has 4 heteroatoms. The first kappa shape index (κ1) is 19.8. The normalized spacial score (nSPS) is 34.5. The number of likely N-dealkylation sites (N-methyl/N-ethyl adjacent to an activating group) is 1. The van der Waals surface area contributed by atoms with Crippen molar-refractivity contribution < 1.29 is 14.3 Å². The number of hydrogen-bond acceptors (Lipinski definition) is 4. The van der Waals surface area contributed by atoms with Crippen LogP contribution in [-0.4, -0.2) is 43.0 Å². The van der Waals surface area contributed by atoms with Crippen molar-refractivity contribution in [2.24, 2.45) is 5.41 Å². The van der Waals surface area contributed by atoms with Gasteiger partial charge in [0.05, 0.1) is 12.5 Å². The molecule has 4 aliphatic rings. The highest BCUT2D eigenvalue weighted by atomic mass is 16.5. The predicted molar refractivity (Wildman–Crippen MR) is 125 cm³/mol. The lowest BCUT2D eigenvalue weighted by molar-refractivity contribution is -0.150. The number of piperidine rings is 1. The van der Waals surface area contributed by atoms with Crippen LogP contribution in [0.15, 0.2) is 60.7 Å². The molecule has 1 saturated heterocycles. The van der Waals surface area contributed by atoms with Gasteiger partial charge in [0, 0.05) is 17.0 Å². The minimum atomic E-state index is -0.923. The summed E-state index contributed by atoms with van der Waals surface area (Å²) in [5, 5.41) is 0. The van der Waals surface area contributed by atoms with Gasteiger partial charge in [0.1, 0.15) is 0 Å². The van der Waals surface area contributed by atoms with Gasteiger partial charge in [-0.1, -0.05) is 54.6 Å². The Balaban J connectivity index is 1.59. The molecule has 32 heavy (non-hydrogen) atoms. The van der Waals surface area contributed by atoms with Gasteiger partial charge in [-0.3, -0.25) is 4.79 Å². The van der Waals surface area contributed by atoms with E-state index in [1.807, 2.05) is 19.1 Å². The maximum absolute atomic E-state index is 13.5. The molecule has 0 amide bonds. The van der Waals surface area contributed by atoms with Crippen LogP contribution in [0.4, 0.5) is 0 Å². The number of rotatable bonds is 4.